The Labute approximate surface area is 86.9 Å². The van der Waals surface area contributed by atoms with Crippen molar-refractivity contribution in [3.8, 4) is 11.5 Å². The number of methoxy groups -OCH3 is 1. The molecule has 0 saturated carbocycles. The van der Waals surface area contributed by atoms with Crippen LogP contribution in [-0.2, 0) is 4.79 Å². The summed E-state index contributed by atoms with van der Waals surface area (Å²) in [5.74, 6) is -0.416. The van der Waals surface area contributed by atoms with Crippen molar-refractivity contribution < 1.29 is 24.5 Å². The summed E-state index contributed by atoms with van der Waals surface area (Å²) in [4.78, 5) is 10.3. The van der Waals surface area contributed by atoms with E-state index in [-0.39, 0.29) is 6.61 Å². The third-order valence-electron chi connectivity index (χ3n) is 1.75. The highest BCUT2D eigenvalue weighted by Gasteiger charge is 2.14. The van der Waals surface area contributed by atoms with Crippen LogP contribution in [0.5, 0.6) is 11.5 Å². The molecule has 2 N–H and O–H groups in total. The van der Waals surface area contributed by atoms with Crippen LogP contribution in [0.4, 0.5) is 0 Å². The maximum Gasteiger partial charge on any atom is 0.336 e. The number of carboxylic acids is 1. The van der Waals surface area contributed by atoms with E-state index < -0.39 is 12.1 Å². The summed E-state index contributed by atoms with van der Waals surface area (Å²) in [5, 5.41) is 17.4. The number of carbonyl (C=O) groups is 1. The van der Waals surface area contributed by atoms with Crippen molar-refractivity contribution in [1.29, 1.82) is 0 Å². The smallest absolute Gasteiger partial charge is 0.336 e. The van der Waals surface area contributed by atoms with Crippen LogP contribution in [0, 0.1) is 0 Å². The highest BCUT2D eigenvalue weighted by Crippen LogP contribution is 2.25. The van der Waals surface area contributed by atoms with Gasteiger partial charge >= 0.3 is 5.97 Å². The summed E-state index contributed by atoms with van der Waals surface area (Å²) in [6, 6.07) is 6.81. The molecule has 5 nitrogen and oxygen atoms in total. The Morgan fingerprint density at radius 3 is 2.53 bits per heavy atom. The molecule has 15 heavy (non-hydrogen) atoms. The first kappa shape index (κ1) is 11.3. The summed E-state index contributed by atoms with van der Waals surface area (Å²) in [6.45, 7) is -0.310. The van der Waals surface area contributed by atoms with Crippen LogP contribution in [0.1, 0.15) is 0 Å². The van der Waals surface area contributed by atoms with E-state index in [1.54, 1.807) is 24.3 Å². The molecule has 0 spiro atoms. The van der Waals surface area contributed by atoms with Crippen LogP contribution >= 0.6 is 0 Å². The van der Waals surface area contributed by atoms with Gasteiger partial charge in [0.05, 0.1) is 7.11 Å². The molecule has 1 aromatic rings. The van der Waals surface area contributed by atoms with E-state index in [2.05, 4.69) is 0 Å². The van der Waals surface area contributed by atoms with Crippen molar-refractivity contribution >= 4 is 5.97 Å². The molecule has 0 aliphatic carbocycles. The number of aliphatic carboxylic acids is 1. The summed E-state index contributed by atoms with van der Waals surface area (Å²) >= 11 is 0. The van der Waals surface area contributed by atoms with Gasteiger partial charge in [-0.1, -0.05) is 12.1 Å². The molecule has 0 fully saturated rings. The van der Waals surface area contributed by atoms with Crippen molar-refractivity contribution in [1.82, 2.24) is 0 Å². The molecule has 1 rings (SSSR count). The minimum atomic E-state index is -1.53. The Morgan fingerprint density at radius 2 is 2.00 bits per heavy atom. The first-order chi connectivity index (χ1) is 7.15. The maximum atomic E-state index is 10.3. The van der Waals surface area contributed by atoms with Crippen molar-refractivity contribution in [2.45, 2.75) is 6.10 Å². The fourth-order valence-corrected chi connectivity index (χ4v) is 0.978. The number of rotatable bonds is 5. The highest BCUT2D eigenvalue weighted by molar-refractivity contribution is 5.72. The topological polar surface area (TPSA) is 76.0 Å². The Balaban J connectivity index is 2.60. The number of aliphatic hydroxyl groups excluding tert-OH is 1. The molecular formula is C10H12O5. The first-order valence-corrected chi connectivity index (χ1v) is 4.32. The first-order valence-electron chi connectivity index (χ1n) is 4.32. The molecule has 0 aromatic heterocycles. The minimum Gasteiger partial charge on any atom is -0.493 e. The summed E-state index contributed by atoms with van der Waals surface area (Å²) in [6.07, 6.45) is -1.53. The monoisotopic (exact) mass is 212 g/mol. The zero-order valence-corrected chi connectivity index (χ0v) is 8.21. The zero-order valence-electron chi connectivity index (χ0n) is 8.21. The summed E-state index contributed by atoms with van der Waals surface area (Å²) in [7, 11) is 1.48. The highest BCUT2D eigenvalue weighted by atomic mass is 16.5. The number of carboxylic acid groups (broad SMARTS) is 1. The Morgan fingerprint density at radius 1 is 1.40 bits per heavy atom. The third-order valence-corrected chi connectivity index (χ3v) is 1.75. The van der Waals surface area contributed by atoms with Gasteiger partial charge in [0.2, 0.25) is 0 Å². The maximum absolute atomic E-state index is 10.3. The van der Waals surface area contributed by atoms with E-state index >= 15 is 0 Å². The van der Waals surface area contributed by atoms with Crippen molar-refractivity contribution in [2.24, 2.45) is 0 Å². The van der Waals surface area contributed by atoms with Crippen molar-refractivity contribution in [3.63, 3.8) is 0 Å². The average molecular weight is 212 g/mol. The van der Waals surface area contributed by atoms with Crippen LogP contribution in [0.15, 0.2) is 24.3 Å². The Bertz CT molecular complexity index is 336. The minimum absolute atomic E-state index is 0.310. The Kier molecular flexibility index (Phi) is 3.93. The van der Waals surface area contributed by atoms with Gasteiger partial charge in [-0.05, 0) is 12.1 Å². The standard InChI is InChI=1S/C10H12O5/c1-14-8-4-2-3-5-9(8)15-6-7(11)10(12)13/h2-5,7,11H,6H2,1H3,(H,12,13)/t7-/m0/s1. The van der Waals surface area contributed by atoms with Gasteiger partial charge in [-0.3, -0.25) is 0 Å². The quantitative estimate of drug-likeness (QED) is 0.744. The van der Waals surface area contributed by atoms with Gasteiger partial charge in [0.1, 0.15) is 6.61 Å². The van der Waals surface area contributed by atoms with Crippen LogP contribution in [-0.4, -0.2) is 36.0 Å². The SMILES string of the molecule is COc1ccccc1OC[C@H](O)C(=O)O. The van der Waals surface area contributed by atoms with Gasteiger partial charge in [-0.2, -0.15) is 0 Å². The molecule has 0 aliphatic rings. The zero-order chi connectivity index (χ0) is 11.3. The predicted octanol–water partition coefficient (Wildman–Crippen LogP) is 0.519. The van der Waals surface area contributed by atoms with E-state index in [4.69, 9.17) is 19.7 Å². The van der Waals surface area contributed by atoms with Crippen molar-refractivity contribution in [2.75, 3.05) is 13.7 Å². The van der Waals surface area contributed by atoms with Gasteiger partial charge in [0.25, 0.3) is 0 Å². The normalized spacial score (nSPS) is 11.9. The largest absolute Gasteiger partial charge is 0.493 e. The van der Waals surface area contributed by atoms with E-state index in [1.165, 1.54) is 7.11 Å². The van der Waals surface area contributed by atoms with Crippen LogP contribution in [0.3, 0.4) is 0 Å². The lowest BCUT2D eigenvalue weighted by atomic mass is 10.3. The molecule has 0 radical (unpaired) electrons. The molecule has 0 unspecified atom stereocenters. The lowest BCUT2D eigenvalue weighted by molar-refractivity contribution is -0.148. The molecule has 5 heteroatoms. The molecule has 0 aliphatic heterocycles. The lowest BCUT2D eigenvalue weighted by Gasteiger charge is -2.11. The summed E-state index contributed by atoms with van der Waals surface area (Å²) < 4.78 is 10.1. The number of benzene rings is 1. The summed E-state index contributed by atoms with van der Waals surface area (Å²) in [5.41, 5.74) is 0. The van der Waals surface area contributed by atoms with Crippen LogP contribution in [0.25, 0.3) is 0 Å². The molecule has 0 heterocycles. The molecule has 82 valence electrons. The second kappa shape index (κ2) is 5.21. The van der Waals surface area contributed by atoms with Gasteiger partial charge in [-0.25, -0.2) is 4.79 Å². The Hall–Kier alpha value is -1.75. The number of ether oxygens (including phenoxy) is 2. The van der Waals surface area contributed by atoms with Crippen LogP contribution in [0.2, 0.25) is 0 Å². The van der Waals surface area contributed by atoms with E-state index in [1.807, 2.05) is 0 Å². The lowest BCUT2D eigenvalue weighted by Crippen LogP contribution is -2.26. The molecule has 0 amide bonds. The predicted molar refractivity (Wildman–Crippen MR) is 52.1 cm³/mol. The fraction of sp³-hybridized carbons (Fsp3) is 0.300. The molecule has 1 atom stereocenters. The van der Waals surface area contributed by atoms with E-state index in [0.29, 0.717) is 11.5 Å². The van der Waals surface area contributed by atoms with E-state index in [9.17, 15) is 4.79 Å². The van der Waals surface area contributed by atoms with Gasteiger partial charge in [0.15, 0.2) is 17.6 Å². The van der Waals surface area contributed by atoms with Gasteiger partial charge in [0, 0.05) is 0 Å². The number of para-hydroxylation sites is 2. The van der Waals surface area contributed by atoms with Gasteiger partial charge in [-0.15, -0.1) is 0 Å². The number of hydrogen-bond donors (Lipinski definition) is 2. The molecule has 0 bridgehead atoms. The third kappa shape index (κ3) is 3.14. The second-order valence-electron chi connectivity index (χ2n) is 2.82. The second-order valence-corrected chi connectivity index (χ2v) is 2.82. The molecular weight excluding hydrogens is 200 g/mol. The fourth-order valence-electron chi connectivity index (χ4n) is 0.978. The van der Waals surface area contributed by atoms with Crippen LogP contribution < -0.4 is 9.47 Å². The van der Waals surface area contributed by atoms with E-state index in [0.717, 1.165) is 0 Å². The number of hydrogen-bond acceptors (Lipinski definition) is 4. The molecule has 0 saturated heterocycles. The molecule has 1 aromatic carbocycles. The van der Waals surface area contributed by atoms with Gasteiger partial charge < -0.3 is 19.7 Å². The average Bonchev–Trinajstić information content (AvgIpc) is 2.26. The number of aliphatic hydroxyl groups is 1. The van der Waals surface area contributed by atoms with Crippen molar-refractivity contribution in [3.05, 3.63) is 24.3 Å².